The van der Waals surface area contributed by atoms with Crippen molar-refractivity contribution in [2.24, 2.45) is 0 Å². The van der Waals surface area contributed by atoms with Gasteiger partial charge < -0.3 is 15.0 Å². The van der Waals surface area contributed by atoms with Crippen LogP contribution in [0.1, 0.15) is 31.9 Å². The Hall–Kier alpha value is -1.76. The van der Waals surface area contributed by atoms with Crippen LogP contribution < -0.4 is 5.32 Å². The van der Waals surface area contributed by atoms with E-state index in [-0.39, 0.29) is 12.1 Å². The van der Waals surface area contributed by atoms with E-state index in [0.717, 1.165) is 17.7 Å². The molecule has 0 unspecified atom stereocenters. The van der Waals surface area contributed by atoms with Gasteiger partial charge in [0.2, 0.25) is 0 Å². The van der Waals surface area contributed by atoms with E-state index in [4.69, 9.17) is 4.74 Å². The van der Waals surface area contributed by atoms with Crippen LogP contribution >= 0.6 is 0 Å². The molecule has 0 spiro atoms. The Labute approximate surface area is 140 Å². The molecular formula is C17H23F3N2O2. The van der Waals surface area contributed by atoms with Crippen molar-refractivity contribution >= 4 is 6.09 Å². The second-order valence-corrected chi connectivity index (χ2v) is 6.98. The number of hydrogen-bond donors (Lipinski definition) is 1. The zero-order chi connectivity index (χ0) is 18.0. The standard InChI is InChI=1S/C17H23F3N2O2/c1-16(2,3)24-15(23)22-9-8-21-14(11-22)10-12-4-6-13(7-5-12)17(18,19)20/h4-7,14,21H,8-11H2,1-3H3/t14-/m1/s1. The van der Waals surface area contributed by atoms with Crippen LogP contribution in [0.4, 0.5) is 18.0 Å². The average molecular weight is 344 g/mol. The van der Waals surface area contributed by atoms with Crippen molar-refractivity contribution in [3.05, 3.63) is 35.4 Å². The number of carbonyl (C=O) groups is 1. The lowest BCUT2D eigenvalue weighted by Gasteiger charge is -2.35. The van der Waals surface area contributed by atoms with Gasteiger partial charge in [0.25, 0.3) is 0 Å². The molecule has 1 saturated heterocycles. The van der Waals surface area contributed by atoms with Gasteiger partial charge in [-0.15, -0.1) is 0 Å². The summed E-state index contributed by atoms with van der Waals surface area (Å²) in [5, 5.41) is 3.29. The summed E-state index contributed by atoms with van der Waals surface area (Å²) < 4.78 is 43.1. The van der Waals surface area contributed by atoms with Gasteiger partial charge in [-0.25, -0.2) is 4.79 Å². The van der Waals surface area contributed by atoms with Gasteiger partial charge in [0.15, 0.2) is 0 Å². The number of piperazine rings is 1. The van der Waals surface area contributed by atoms with Crippen LogP contribution in [0.15, 0.2) is 24.3 Å². The summed E-state index contributed by atoms with van der Waals surface area (Å²) in [6.07, 6.45) is -4.13. The lowest BCUT2D eigenvalue weighted by molar-refractivity contribution is -0.137. The van der Waals surface area contributed by atoms with Gasteiger partial charge in [-0.05, 0) is 44.9 Å². The van der Waals surface area contributed by atoms with Crippen LogP contribution in [-0.4, -0.2) is 42.3 Å². The third-order valence-corrected chi connectivity index (χ3v) is 3.67. The summed E-state index contributed by atoms with van der Waals surface area (Å²) >= 11 is 0. The minimum Gasteiger partial charge on any atom is -0.444 e. The number of benzene rings is 1. The molecule has 1 heterocycles. The smallest absolute Gasteiger partial charge is 0.416 e. The average Bonchev–Trinajstić information content (AvgIpc) is 2.45. The van der Waals surface area contributed by atoms with Crippen molar-refractivity contribution in [3.63, 3.8) is 0 Å². The highest BCUT2D eigenvalue weighted by Gasteiger charge is 2.30. The zero-order valence-electron chi connectivity index (χ0n) is 14.1. The molecule has 134 valence electrons. The summed E-state index contributed by atoms with van der Waals surface area (Å²) in [6, 6.07) is 5.13. The molecule has 1 atom stereocenters. The molecule has 1 amide bonds. The van der Waals surface area contributed by atoms with Crippen molar-refractivity contribution in [2.45, 2.75) is 45.0 Å². The van der Waals surface area contributed by atoms with Crippen molar-refractivity contribution in [3.8, 4) is 0 Å². The molecule has 24 heavy (non-hydrogen) atoms. The van der Waals surface area contributed by atoms with Crippen LogP contribution in [0.2, 0.25) is 0 Å². The molecule has 1 aliphatic rings. The topological polar surface area (TPSA) is 41.6 Å². The number of halogens is 3. The maximum absolute atomic E-state index is 12.6. The quantitative estimate of drug-likeness (QED) is 0.893. The second kappa shape index (κ2) is 7.01. The number of carbonyl (C=O) groups excluding carboxylic acids is 1. The highest BCUT2D eigenvalue weighted by molar-refractivity contribution is 5.68. The molecule has 1 N–H and O–H groups in total. The molecule has 1 aliphatic heterocycles. The van der Waals surface area contributed by atoms with Gasteiger partial charge in [-0.3, -0.25) is 0 Å². The molecule has 0 bridgehead atoms. The van der Waals surface area contributed by atoms with Crippen LogP contribution in [0, 0.1) is 0 Å². The van der Waals surface area contributed by atoms with Gasteiger partial charge in [0, 0.05) is 25.7 Å². The Kier molecular flexibility index (Phi) is 5.42. The first-order valence-corrected chi connectivity index (χ1v) is 7.92. The molecule has 1 fully saturated rings. The van der Waals surface area contributed by atoms with E-state index < -0.39 is 17.3 Å². The Morgan fingerprint density at radius 2 is 1.88 bits per heavy atom. The summed E-state index contributed by atoms with van der Waals surface area (Å²) in [6.45, 7) is 7.09. The summed E-state index contributed by atoms with van der Waals surface area (Å²) in [5.41, 5.74) is -0.407. The van der Waals surface area contributed by atoms with Gasteiger partial charge in [0.05, 0.1) is 5.56 Å². The number of amides is 1. The lowest BCUT2D eigenvalue weighted by Crippen LogP contribution is -2.54. The third kappa shape index (κ3) is 5.40. The number of ether oxygens (including phenoxy) is 1. The van der Waals surface area contributed by atoms with Crippen molar-refractivity contribution in [1.29, 1.82) is 0 Å². The van der Waals surface area contributed by atoms with Crippen molar-refractivity contribution in [2.75, 3.05) is 19.6 Å². The van der Waals surface area contributed by atoms with Gasteiger partial charge >= 0.3 is 12.3 Å². The van der Waals surface area contributed by atoms with E-state index in [0.29, 0.717) is 26.1 Å². The van der Waals surface area contributed by atoms with Crippen LogP contribution in [-0.2, 0) is 17.3 Å². The molecule has 1 aromatic rings. The van der Waals surface area contributed by atoms with Crippen LogP contribution in [0.3, 0.4) is 0 Å². The second-order valence-electron chi connectivity index (χ2n) is 6.98. The van der Waals surface area contributed by atoms with E-state index in [1.807, 2.05) is 20.8 Å². The monoisotopic (exact) mass is 344 g/mol. The fourth-order valence-electron chi connectivity index (χ4n) is 2.57. The maximum atomic E-state index is 12.6. The van der Waals surface area contributed by atoms with Crippen molar-refractivity contribution < 1.29 is 22.7 Å². The first-order chi connectivity index (χ1) is 11.0. The third-order valence-electron chi connectivity index (χ3n) is 3.67. The first-order valence-electron chi connectivity index (χ1n) is 7.92. The summed E-state index contributed by atoms with van der Waals surface area (Å²) in [4.78, 5) is 13.8. The summed E-state index contributed by atoms with van der Waals surface area (Å²) in [7, 11) is 0. The maximum Gasteiger partial charge on any atom is 0.416 e. The van der Waals surface area contributed by atoms with E-state index in [2.05, 4.69) is 5.32 Å². The normalized spacial score (nSPS) is 19.2. The highest BCUT2D eigenvalue weighted by Crippen LogP contribution is 2.29. The van der Waals surface area contributed by atoms with E-state index in [9.17, 15) is 18.0 Å². The molecule has 0 radical (unpaired) electrons. The van der Waals surface area contributed by atoms with Crippen molar-refractivity contribution in [1.82, 2.24) is 10.2 Å². The summed E-state index contributed by atoms with van der Waals surface area (Å²) in [5.74, 6) is 0. The largest absolute Gasteiger partial charge is 0.444 e. The molecule has 4 nitrogen and oxygen atoms in total. The molecule has 2 rings (SSSR count). The fraction of sp³-hybridized carbons (Fsp3) is 0.588. The molecule has 0 aliphatic carbocycles. The Morgan fingerprint density at radius 1 is 1.25 bits per heavy atom. The highest BCUT2D eigenvalue weighted by atomic mass is 19.4. The Morgan fingerprint density at radius 3 is 2.42 bits per heavy atom. The molecule has 7 heteroatoms. The predicted octanol–water partition coefficient (Wildman–Crippen LogP) is 3.46. The fourth-order valence-corrected chi connectivity index (χ4v) is 2.57. The number of alkyl halides is 3. The van der Waals surface area contributed by atoms with Gasteiger partial charge in [0.1, 0.15) is 5.60 Å². The van der Waals surface area contributed by atoms with Crippen LogP contribution in [0.25, 0.3) is 0 Å². The number of rotatable bonds is 2. The lowest BCUT2D eigenvalue weighted by atomic mass is 10.0. The minimum absolute atomic E-state index is 0.0111. The van der Waals surface area contributed by atoms with E-state index >= 15 is 0 Å². The number of nitrogens with one attached hydrogen (secondary N) is 1. The zero-order valence-corrected chi connectivity index (χ0v) is 14.1. The molecule has 0 saturated carbocycles. The SMILES string of the molecule is CC(C)(C)OC(=O)N1CCN[C@H](Cc2ccc(C(F)(F)F)cc2)C1. The molecule has 0 aromatic heterocycles. The molecular weight excluding hydrogens is 321 g/mol. The minimum atomic E-state index is -4.32. The van der Waals surface area contributed by atoms with E-state index in [1.54, 1.807) is 4.90 Å². The Balaban J connectivity index is 1.94. The first kappa shape index (κ1) is 18.6. The van der Waals surface area contributed by atoms with Crippen LogP contribution in [0.5, 0.6) is 0 Å². The van der Waals surface area contributed by atoms with E-state index in [1.165, 1.54) is 12.1 Å². The molecule has 1 aromatic carbocycles. The van der Waals surface area contributed by atoms with Gasteiger partial charge in [-0.2, -0.15) is 13.2 Å². The predicted molar refractivity (Wildman–Crippen MR) is 84.7 cm³/mol. The Bertz CT molecular complexity index is 565. The number of nitrogens with zero attached hydrogens (tertiary/aromatic N) is 1. The number of hydrogen-bond acceptors (Lipinski definition) is 3. The van der Waals surface area contributed by atoms with Gasteiger partial charge in [-0.1, -0.05) is 12.1 Å².